The summed E-state index contributed by atoms with van der Waals surface area (Å²) in [5.74, 6) is 0.714. The second-order valence-electron chi connectivity index (χ2n) is 8.57. The van der Waals surface area contributed by atoms with Crippen molar-refractivity contribution in [2.24, 2.45) is 0 Å². The van der Waals surface area contributed by atoms with E-state index in [2.05, 4.69) is 21.9 Å². The van der Waals surface area contributed by atoms with Crippen LogP contribution >= 0.6 is 23.2 Å². The van der Waals surface area contributed by atoms with Crippen LogP contribution in [0, 0.1) is 5.82 Å². The van der Waals surface area contributed by atoms with Gasteiger partial charge in [0.05, 0.1) is 27.4 Å². The minimum atomic E-state index is -0.676. The SMILES string of the molecule is C=CC(=O)N1CCC(Oc2cc3c(Nc4ccc(Cl)c(Cl)c4F)ncnc3cc2O[C@H](C)CC)CC1. The third-order valence-corrected chi connectivity index (χ3v) is 6.90. The number of halogens is 3. The van der Waals surface area contributed by atoms with Crippen molar-refractivity contribution in [1.29, 1.82) is 0 Å². The molecule has 3 aromatic rings. The third kappa shape index (κ3) is 5.65. The highest BCUT2D eigenvalue weighted by atomic mass is 35.5. The summed E-state index contributed by atoms with van der Waals surface area (Å²) in [4.78, 5) is 22.4. The molecule has 1 aromatic heterocycles. The highest BCUT2D eigenvalue weighted by Gasteiger charge is 2.25. The smallest absolute Gasteiger partial charge is 0.245 e. The average Bonchev–Trinajstić information content (AvgIpc) is 2.89. The molecule has 7 nitrogen and oxygen atoms in total. The van der Waals surface area contributed by atoms with E-state index in [1.54, 1.807) is 17.0 Å². The molecule has 10 heteroatoms. The molecule has 36 heavy (non-hydrogen) atoms. The lowest BCUT2D eigenvalue weighted by molar-refractivity contribution is -0.127. The summed E-state index contributed by atoms with van der Waals surface area (Å²) < 4.78 is 27.2. The molecule has 0 spiro atoms. The van der Waals surface area contributed by atoms with Crippen molar-refractivity contribution in [2.45, 2.75) is 45.3 Å². The number of ether oxygens (including phenoxy) is 2. The van der Waals surface area contributed by atoms with Crippen LogP contribution < -0.4 is 14.8 Å². The first kappa shape index (κ1) is 26.0. The zero-order valence-electron chi connectivity index (χ0n) is 20.1. The van der Waals surface area contributed by atoms with E-state index < -0.39 is 5.82 Å². The van der Waals surface area contributed by atoms with Gasteiger partial charge >= 0.3 is 0 Å². The summed E-state index contributed by atoms with van der Waals surface area (Å²) in [6, 6.07) is 6.60. The molecule has 2 aromatic carbocycles. The minimum Gasteiger partial charge on any atom is -0.487 e. The number of carbonyl (C=O) groups excluding carboxylic acids is 1. The molecular weight excluding hydrogens is 506 g/mol. The minimum absolute atomic E-state index is 0.0402. The van der Waals surface area contributed by atoms with Crippen molar-refractivity contribution in [3.05, 3.63) is 59.1 Å². The van der Waals surface area contributed by atoms with Crippen LogP contribution in [0.1, 0.15) is 33.1 Å². The first-order valence-corrected chi connectivity index (χ1v) is 12.5. The Balaban J connectivity index is 1.67. The maximum Gasteiger partial charge on any atom is 0.245 e. The summed E-state index contributed by atoms with van der Waals surface area (Å²) in [6.07, 6.45) is 4.72. The summed E-state index contributed by atoms with van der Waals surface area (Å²) in [5, 5.41) is 3.56. The number of amides is 1. The van der Waals surface area contributed by atoms with Crippen LogP contribution in [0.2, 0.25) is 10.0 Å². The van der Waals surface area contributed by atoms with Crippen molar-refractivity contribution in [3.8, 4) is 11.5 Å². The van der Waals surface area contributed by atoms with Gasteiger partial charge in [-0.2, -0.15) is 0 Å². The molecule has 0 saturated carbocycles. The molecule has 1 atom stereocenters. The number of fused-ring (bicyclic) bond motifs is 1. The molecule has 1 aliphatic heterocycles. The maximum absolute atomic E-state index is 14.7. The highest BCUT2D eigenvalue weighted by Crippen LogP contribution is 2.38. The number of nitrogens with zero attached hydrogens (tertiary/aromatic N) is 3. The molecular formula is C26H27Cl2FN4O3. The van der Waals surface area contributed by atoms with E-state index in [1.807, 2.05) is 13.8 Å². The topological polar surface area (TPSA) is 76.6 Å². The van der Waals surface area contributed by atoms with Crippen molar-refractivity contribution in [3.63, 3.8) is 0 Å². The van der Waals surface area contributed by atoms with Gasteiger partial charge in [-0.15, -0.1) is 0 Å². The first-order valence-electron chi connectivity index (χ1n) is 11.7. The average molecular weight is 533 g/mol. The number of hydrogen-bond donors (Lipinski definition) is 1. The number of piperidine rings is 1. The van der Waals surface area contributed by atoms with Gasteiger partial charge in [-0.25, -0.2) is 14.4 Å². The standard InChI is InChI=1S/C26H27Cl2FN4O3/c1-4-15(3)35-22-13-20-17(12-21(22)36-16-8-10-33(11-9-16)23(34)5-2)26(31-14-30-20)32-19-7-6-18(27)24(28)25(19)29/h5-7,12-16H,2,4,8-11H2,1,3H3,(H,30,31,32)/t15-/m1/s1. The summed E-state index contributed by atoms with van der Waals surface area (Å²) in [5.41, 5.74) is 0.732. The molecule has 2 heterocycles. The number of nitrogens with one attached hydrogen (secondary N) is 1. The number of benzene rings is 2. The Hall–Kier alpha value is -3.10. The molecule has 4 rings (SSSR count). The van der Waals surface area contributed by atoms with Gasteiger partial charge in [0.1, 0.15) is 18.2 Å². The van der Waals surface area contributed by atoms with Gasteiger partial charge in [0.25, 0.3) is 0 Å². The molecule has 1 fully saturated rings. The fraction of sp³-hybridized carbons (Fsp3) is 0.346. The van der Waals surface area contributed by atoms with E-state index in [0.29, 0.717) is 54.2 Å². The predicted molar refractivity (Wildman–Crippen MR) is 140 cm³/mol. The molecule has 1 N–H and O–H groups in total. The number of anilines is 2. The summed E-state index contributed by atoms with van der Waals surface area (Å²) >= 11 is 11.9. The Kier molecular flexibility index (Phi) is 8.16. The van der Waals surface area contributed by atoms with Gasteiger partial charge in [-0.3, -0.25) is 4.79 Å². The van der Waals surface area contributed by atoms with Crippen LogP contribution in [0.15, 0.2) is 43.2 Å². The van der Waals surface area contributed by atoms with Crippen molar-refractivity contribution < 1.29 is 18.7 Å². The molecule has 0 unspecified atom stereocenters. The number of likely N-dealkylation sites (tertiary alicyclic amines) is 1. The predicted octanol–water partition coefficient (Wildman–Crippen LogP) is 6.55. The second kappa shape index (κ2) is 11.3. The molecule has 0 radical (unpaired) electrons. The lowest BCUT2D eigenvalue weighted by Crippen LogP contribution is -2.41. The van der Waals surface area contributed by atoms with Crippen LogP contribution in [0.4, 0.5) is 15.9 Å². The van der Waals surface area contributed by atoms with E-state index in [-0.39, 0.29) is 33.8 Å². The molecule has 1 amide bonds. The monoisotopic (exact) mass is 532 g/mol. The quantitative estimate of drug-likeness (QED) is 0.261. The number of carbonyl (C=O) groups is 1. The Morgan fingerprint density at radius 1 is 1.28 bits per heavy atom. The van der Waals surface area contributed by atoms with Crippen LogP contribution in [0.3, 0.4) is 0 Å². The van der Waals surface area contributed by atoms with Crippen molar-refractivity contribution >= 4 is 51.5 Å². The fourth-order valence-corrected chi connectivity index (χ4v) is 4.21. The zero-order valence-corrected chi connectivity index (χ0v) is 21.6. The van der Waals surface area contributed by atoms with Gasteiger partial charge in [-0.05, 0) is 37.6 Å². The highest BCUT2D eigenvalue weighted by molar-refractivity contribution is 6.42. The lowest BCUT2D eigenvalue weighted by atomic mass is 10.1. The normalized spacial score (nSPS) is 15.0. The Morgan fingerprint density at radius 3 is 2.72 bits per heavy atom. The molecule has 1 saturated heterocycles. The zero-order chi connectivity index (χ0) is 25.8. The fourth-order valence-electron chi connectivity index (χ4n) is 3.90. The number of aromatic nitrogens is 2. The Bertz CT molecular complexity index is 1280. The van der Waals surface area contributed by atoms with Crippen LogP contribution in [-0.2, 0) is 4.79 Å². The molecule has 190 valence electrons. The maximum atomic E-state index is 14.7. The van der Waals surface area contributed by atoms with E-state index in [0.717, 1.165) is 6.42 Å². The van der Waals surface area contributed by atoms with E-state index >= 15 is 0 Å². The summed E-state index contributed by atoms with van der Waals surface area (Å²) in [6.45, 7) is 8.73. The van der Waals surface area contributed by atoms with Crippen molar-refractivity contribution in [2.75, 3.05) is 18.4 Å². The van der Waals surface area contributed by atoms with E-state index in [9.17, 15) is 9.18 Å². The lowest BCUT2D eigenvalue weighted by Gasteiger charge is -2.32. The van der Waals surface area contributed by atoms with E-state index in [1.165, 1.54) is 24.5 Å². The molecule has 0 bridgehead atoms. The second-order valence-corrected chi connectivity index (χ2v) is 9.35. The van der Waals surface area contributed by atoms with Gasteiger partial charge in [0.15, 0.2) is 17.3 Å². The third-order valence-electron chi connectivity index (χ3n) is 6.11. The van der Waals surface area contributed by atoms with Gasteiger partial charge in [-0.1, -0.05) is 36.7 Å². The van der Waals surface area contributed by atoms with Crippen LogP contribution in [0.5, 0.6) is 11.5 Å². The Labute approximate surface area is 219 Å². The van der Waals surface area contributed by atoms with Gasteiger partial charge in [0.2, 0.25) is 5.91 Å². The van der Waals surface area contributed by atoms with Gasteiger partial charge in [0, 0.05) is 37.4 Å². The van der Waals surface area contributed by atoms with Crippen LogP contribution in [-0.4, -0.2) is 46.1 Å². The number of hydrogen-bond acceptors (Lipinski definition) is 6. The van der Waals surface area contributed by atoms with Crippen LogP contribution in [0.25, 0.3) is 10.9 Å². The molecule has 0 aliphatic carbocycles. The largest absolute Gasteiger partial charge is 0.487 e. The van der Waals surface area contributed by atoms with E-state index in [4.69, 9.17) is 32.7 Å². The van der Waals surface area contributed by atoms with Gasteiger partial charge < -0.3 is 19.7 Å². The molecule has 1 aliphatic rings. The number of rotatable bonds is 8. The summed E-state index contributed by atoms with van der Waals surface area (Å²) in [7, 11) is 0. The first-order chi connectivity index (χ1) is 17.3. The van der Waals surface area contributed by atoms with Crippen molar-refractivity contribution in [1.82, 2.24) is 14.9 Å². The Morgan fingerprint density at radius 2 is 2.03 bits per heavy atom.